The predicted octanol–water partition coefficient (Wildman–Crippen LogP) is 1.43. The number of allylic oxidation sites excluding steroid dienone is 1. The van der Waals surface area contributed by atoms with Gasteiger partial charge in [0.1, 0.15) is 6.17 Å². The lowest BCUT2D eigenvalue weighted by molar-refractivity contribution is -0.131. The van der Waals surface area contributed by atoms with Crippen molar-refractivity contribution in [3.05, 3.63) is 12.2 Å². The van der Waals surface area contributed by atoms with E-state index in [2.05, 4.69) is 12.2 Å². The largest absolute Gasteiger partial charge is 0.333 e. The molecule has 0 bridgehead atoms. The quantitative estimate of drug-likeness (QED) is 0.718. The number of unbranched alkanes of at least 4 members (excludes halogenated alkanes) is 1. The molecule has 4 nitrogen and oxygen atoms in total. The molecule has 90 valence electrons. The van der Waals surface area contributed by atoms with E-state index in [-0.39, 0.29) is 18.0 Å². The highest BCUT2D eigenvalue weighted by molar-refractivity contribution is 5.88. The first-order valence-corrected chi connectivity index (χ1v) is 5.91. The zero-order valence-corrected chi connectivity index (χ0v) is 10.0. The van der Waals surface area contributed by atoms with Crippen LogP contribution < -0.4 is 5.32 Å². The molecule has 1 aliphatic rings. The van der Waals surface area contributed by atoms with Gasteiger partial charge in [-0.25, -0.2) is 0 Å². The molecule has 2 amide bonds. The predicted molar refractivity (Wildman–Crippen MR) is 62.6 cm³/mol. The van der Waals surface area contributed by atoms with Crippen LogP contribution >= 0.6 is 0 Å². The summed E-state index contributed by atoms with van der Waals surface area (Å²) in [6.07, 6.45) is 6.63. The van der Waals surface area contributed by atoms with Gasteiger partial charge >= 0.3 is 0 Å². The zero-order chi connectivity index (χ0) is 12.0. The lowest BCUT2D eigenvalue weighted by Gasteiger charge is -2.24. The van der Waals surface area contributed by atoms with Crippen molar-refractivity contribution >= 4 is 11.8 Å². The smallest absolute Gasteiger partial charge is 0.245 e. The topological polar surface area (TPSA) is 49.4 Å². The van der Waals surface area contributed by atoms with Crippen LogP contribution in [-0.4, -0.2) is 29.4 Å². The molecule has 0 aliphatic carbocycles. The summed E-state index contributed by atoms with van der Waals surface area (Å²) in [7, 11) is 0. The molecule has 1 rings (SSSR count). The number of likely N-dealkylation sites (tertiary alicyclic amines) is 1. The minimum Gasteiger partial charge on any atom is -0.333 e. The van der Waals surface area contributed by atoms with Crippen molar-refractivity contribution in [2.24, 2.45) is 0 Å². The van der Waals surface area contributed by atoms with Gasteiger partial charge in [-0.3, -0.25) is 9.59 Å². The minimum absolute atomic E-state index is 0.124. The SMILES string of the molecule is CCC/C=C\C(=O)NC(C)N1CCCC1=O. The van der Waals surface area contributed by atoms with E-state index < -0.39 is 0 Å². The van der Waals surface area contributed by atoms with E-state index in [9.17, 15) is 9.59 Å². The van der Waals surface area contributed by atoms with Gasteiger partial charge in [0.05, 0.1) is 0 Å². The fraction of sp³-hybridized carbons (Fsp3) is 0.667. The summed E-state index contributed by atoms with van der Waals surface area (Å²) in [5.74, 6) is 0.00554. The number of nitrogens with zero attached hydrogens (tertiary/aromatic N) is 1. The number of hydrogen-bond donors (Lipinski definition) is 1. The maximum Gasteiger partial charge on any atom is 0.245 e. The maximum atomic E-state index is 11.5. The van der Waals surface area contributed by atoms with Crippen molar-refractivity contribution in [3.8, 4) is 0 Å². The molecule has 1 heterocycles. The highest BCUT2D eigenvalue weighted by Gasteiger charge is 2.25. The molecule has 0 aromatic heterocycles. The van der Waals surface area contributed by atoms with Gasteiger partial charge in [0.15, 0.2) is 0 Å². The van der Waals surface area contributed by atoms with Crippen LogP contribution in [0.4, 0.5) is 0 Å². The molecule has 1 aliphatic heterocycles. The third kappa shape index (κ3) is 3.68. The van der Waals surface area contributed by atoms with Crippen LogP contribution in [0.3, 0.4) is 0 Å². The summed E-state index contributed by atoms with van der Waals surface area (Å²) in [6.45, 7) is 4.65. The Morgan fingerprint density at radius 3 is 2.94 bits per heavy atom. The summed E-state index contributed by atoms with van der Waals surface area (Å²) >= 11 is 0. The molecule has 0 spiro atoms. The highest BCUT2D eigenvalue weighted by atomic mass is 16.2. The third-order valence-corrected chi connectivity index (χ3v) is 2.65. The molecule has 0 aromatic carbocycles. The Kier molecular flexibility index (Phi) is 5.02. The van der Waals surface area contributed by atoms with Crippen LogP contribution in [0.25, 0.3) is 0 Å². The molecule has 1 saturated heterocycles. The van der Waals surface area contributed by atoms with E-state index in [1.807, 2.05) is 13.0 Å². The number of carbonyl (C=O) groups is 2. The van der Waals surface area contributed by atoms with Gasteiger partial charge < -0.3 is 10.2 Å². The van der Waals surface area contributed by atoms with E-state index in [0.717, 1.165) is 25.8 Å². The Hall–Kier alpha value is -1.32. The average Bonchev–Trinajstić information content (AvgIpc) is 2.65. The molecule has 0 saturated carbocycles. The van der Waals surface area contributed by atoms with E-state index in [1.54, 1.807) is 11.0 Å². The Balaban J connectivity index is 2.35. The van der Waals surface area contributed by atoms with Crippen LogP contribution in [0.1, 0.15) is 39.5 Å². The number of rotatable bonds is 5. The average molecular weight is 224 g/mol. The first-order chi connectivity index (χ1) is 7.65. The summed E-state index contributed by atoms with van der Waals surface area (Å²) in [5, 5.41) is 2.79. The number of hydrogen-bond acceptors (Lipinski definition) is 2. The fourth-order valence-electron chi connectivity index (χ4n) is 1.77. The molecule has 1 atom stereocenters. The molecule has 16 heavy (non-hydrogen) atoms. The molecule has 1 N–H and O–H groups in total. The summed E-state index contributed by atoms with van der Waals surface area (Å²) in [4.78, 5) is 24.6. The van der Waals surface area contributed by atoms with Crippen LogP contribution in [0.15, 0.2) is 12.2 Å². The zero-order valence-electron chi connectivity index (χ0n) is 10.0. The Morgan fingerprint density at radius 1 is 1.62 bits per heavy atom. The lowest BCUT2D eigenvalue weighted by Crippen LogP contribution is -2.46. The van der Waals surface area contributed by atoms with E-state index in [1.165, 1.54) is 0 Å². The molecular weight excluding hydrogens is 204 g/mol. The van der Waals surface area contributed by atoms with Gasteiger partial charge in [-0.05, 0) is 25.8 Å². The Bertz CT molecular complexity index is 287. The molecule has 1 fully saturated rings. The van der Waals surface area contributed by atoms with Crippen molar-refractivity contribution in [1.82, 2.24) is 10.2 Å². The number of amides is 2. The van der Waals surface area contributed by atoms with Crippen LogP contribution in [0.2, 0.25) is 0 Å². The fourth-order valence-corrected chi connectivity index (χ4v) is 1.77. The molecule has 4 heteroatoms. The van der Waals surface area contributed by atoms with Crippen molar-refractivity contribution < 1.29 is 9.59 Å². The summed E-state index contributed by atoms with van der Waals surface area (Å²) < 4.78 is 0. The van der Waals surface area contributed by atoms with E-state index in [0.29, 0.717) is 6.42 Å². The van der Waals surface area contributed by atoms with Crippen LogP contribution in [0, 0.1) is 0 Å². The van der Waals surface area contributed by atoms with Gasteiger partial charge in [0.25, 0.3) is 0 Å². The van der Waals surface area contributed by atoms with Crippen LogP contribution in [0.5, 0.6) is 0 Å². The first kappa shape index (κ1) is 12.7. The minimum atomic E-state index is -0.200. The lowest BCUT2D eigenvalue weighted by atomic mass is 10.3. The van der Waals surface area contributed by atoms with Crippen molar-refractivity contribution in [2.45, 2.75) is 45.7 Å². The van der Waals surface area contributed by atoms with Gasteiger partial charge in [-0.2, -0.15) is 0 Å². The molecular formula is C12H20N2O2. The van der Waals surface area contributed by atoms with E-state index >= 15 is 0 Å². The third-order valence-electron chi connectivity index (χ3n) is 2.65. The van der Waals surface area contributed by atoms with Gasteiger partial charge in [-0.1, -0.05) is 19.4 Å². The van der Waals surface area contributed by atoms with Gasteiger partial charge in [-0.15, -0.1) is 0 Å². The summed E-state index contributed by atoms with van der Waals surface area (Å²) in [6, 6.07) is 0. The Labute approximate surface area is 96.7 Å². The summed E-state index contributed by atoms with van der Waals surface area (Å²) in [5.41, 5.74) is 0. The maximum absolute atomic E-state index is 11.5. The second-order valence-corrected chi connectivity index (χ2v) is 4.07. The van der Waals surface area contributed by atoms with Gasteiger partial charge in [0.2, 0.25) is 11.8 Å². The van der Waals surface area contributed by atoms with Crippen molar-refractivity contribution in [3.63, 3.8) is 0 Å². The first-order valence-electron chi connectivity index (χ1n) is 5.91. The standard InChI is InChI=1S/C12H20N2O2/c1-3-4-5-7-11(15)13-10(2)14-9-6-8-12(14)16/h5,7,10H,3-4,6,8-9H2,1-2H3,(H,13,15)/b7-5-. The van der Waals surface area contributed by atoms with Crippen molar-refractivity contribution in [1.29, 1.82) is 0 Å². The highest BCUT2D eigenvalue weighted by Crippen LogP contribution is 2.11. The second kappa shape index (κ2) is 6.30. The number of nitrogens with one attached hydrogen (secondary N) is 1. The van der Waals surface area contributed by atoms with E-state index in [4.69, 9.17) is 0 Å². The Morgan fingerprint density at radius 2 is 2.38 bits per heavy atom. The van der Waals surface area contributed by atoms with Crippen LogP contribution in [-0.2, 0) is 9.59 Å². The number of carbonyl (C=O) groups excluding carboxylic acids is 2. The monoisotopic (exact) mass is 224 g/mol. The van der Waals surface area contributed by atoms with Crippen molar-refractivity contribution in [2.75, 3.05) is 6.54 Å². The molecule has 0 radical (unpaired) electrons. The molecule has 1 unspecified atom stereocenters. The second-order valence-electron chi connectivity index (χ2n) is 4.07. The van der Waals surface area contributed by atoms with Gasteiger partial charge in [0, 0.05) is 13.0 Å². The normalized spacial score (nSPS) is 18.1. The molecule has 0 aromatic rings.